The van der Waals surface area contributed by atoms with Gasteiger partial charge in [-0.2, -0.15) is 5.10 Å². The van der Waals surface area contributed by atoms with Gasteiger partial charge in [0.15, 0.2) is 0 Å². The van der Waals surface area contributed by atoms with E-state index in [0.29, 0.717) is 22.6 Å². The minimum absolute atomic E-state index is 0.0865. The second-order valence-electron chi connectivity index (χ2n) is 4.50. The molecule has 1 amide bonds. The van der Waals surface area contributed by atoms with E-state index in [1.807, 2.05) is 6.92 Å². The van der Waals surface area contributed by atoms with Crippen LogP contribution in [0.4, 0.5) is 5.69 Å². The summed E-state index contributed by atoms with van der Waals surface area (Å²) in [6.45, 7) is 3.72. The van der Waals surface area contributed by atoms with Gasteiger partial charge in [0.25, 0.3) is 5.91 Å². The average molecular weight is 291 g/mol. The monoisotopic (exact) mass is 291 g/mol. The van der Waals surface area contributed by atoms with Crippen LogP contribution in [-0.2, 0) is 11.4 Å². The minimum Gasteiger partial charge on any atom is -0.480 e. The molecule has 0 aliphatic carbocycles. The Balaban J connectivity index is 2.30. The van der Waals surface area contributed by atoms with Crippen molar-refractivity contribution in [2.24, 2.45) is 5.90 Å². The second-order valence-corrected chi connectivity index (χ2v) is 4.50. The predicted octanol–water partition coefficient (Wildman–Crippen LogP) is 1.07. The van der Waals surface area contributed by atoms with Crippen LogP contribution in [0.15, 0.2) is 12.3 Å². The van der Waals surface area contributed by atoms with Crippen LogP contribution in [0.5, 0.6) is 5.88 Å². The first-order valence-corrected chi connectivity index (χ1v) is 6.24. The van der Waals surface area contributed by atoms with Gasteiger partial charge in [-0.1, -0.05) is 0 Å². The number of aromatic nitrogens is 3. The van der Waals surface area contributed by atoms with Gasteiger partial charge < -0.3 is 10.1 Å². The summed E-state index contributed by atoms with van der Waals surface area (Å²) in [5.74, 6) is 4.97. The smallest absolute Gasteiger partial charge is 0.261 e. The summed E-state index contributed by atoms with van der Waals surface area (Å²) < 4.78 is 5.11. The molecule has 2 rings (SSSR count). The van der Waals surface area contributed by atoms with Crippen LogP contribution in [0.25, 0.3) is 0 Å². The molecule has 0 saturated carbocycles. The van der Waals surface area contributed by atoms with Gasteiger partial charge in [-0.25, -0.2) is 10.9 Å². The number of aryl methyl sites for hydroxylation is 2. The van der Waals surface area contributed by atoms with Crippen molar-refractivity contribution in [3.63, 3.8) is 0 Å². The summed E-state index contributed by atoms with van der Waals surface area (Å²) in [5, 5.41) is 9.57. The van der Waals surface area contributed by atoms with Gasteiger partial charge in [-0.3, -0.25) is 14.7 Å². The maximum Gasteiger partial charge on any atom is 0.261 e. The third-order valence-corrected chi connectivity index (χ3v) is 2.91. The number of nitrogens with two attached hydrogens (primary N) is 1. The highest BCUT2D eigenvalue weighted by atomic mass is 16.6. The van der Waals surface area contributed by atoms with Crippen molar-refractivity contribution >= 4 is 11.6 Å². The van der Waals surface area contributed by atoms with E-state index in [2.05, 4.69) is 25.3 Å². The van der Waals surface area contributed by atoms with Gasteiger partial charge >= 0.3 is 0 Å². The van der Waals surface area contributed by atoms with Crippen molar-refractivity contribution in [2.75, 3.05) is 12.4 Å². The molecular formula is C13H17N5O3. The lowest BCUT2D eigenvalue weighted by molar-refractivity contribution is 0.102. The van der Waals surface area contributed by atoms with E-state index in [1.165, 1.54) is 7.11 Å². The lowest BCUT2D eigenvalue weighted by Gasteiger charge is -2.10. The Bertz CT molecular complexity index is 653. The number of ether oxygens (including phenoxy) is 1. The average Bonchev–Trinajstić information content (AvgIpc) is 2.80. The summed E-state index contributed by atoms with van der Waals surface area (Å²) in [6.07, 6.45) is 1.63. The summed E-state index contributed by atoms with van der Waals surface area (Å²) in [5.41, 5.74) is 2.96. The highest BCUT2D eigenvalue weighted by Gasteiger charge is 2.18. The molecular weight excluding hydrogens is 274 g/mol. The van der Waals surface area contributed by atoms with E-state index in [-0.39, 0.29) is 18.4 Å². The normalized spacial score (nSPS) is 10.5. The maximum absolute atomic E-state index is 12.4. The summed E-state index contributed by atoms with van der Waals surface area (Å²) in [4.78, 5) is 21.0. The molecule has 112 valence electrons. The first-order chi connectivity index (χ1) is 10.1. The van der Waals surface area contributed by atoms with Gasteiger partial charge in [0, 0.05) is 6.20 Å². The van der Waals surface area contributed by atoms with E-state index < -0.39 is 0 Å². The number of H-pyrrole nitrogens is 1. The van der Waals surface area contributed by atoms with Crippen LogP contribution in [0.2, 0.25) is 0 Å². The molecule has 0 atom stereocenters. The van der Waals surface area contributed by atoms with Gasteiger partial charge in [0.2, 0.25) is 5.88 Å². The number of anilines is 1. The Morgan fingerprint density at radius 1 is 1.48 bits per heavy atom. The van der Waals surface area contributed by atoms with E-state index in [9.17, 15) is 4.79 Å². The summed E-state index contributed by atoms with van der Waals surface area (Å²) in [7, 11) is 1.46. The second kappa shape index (κ2) is 6.33. The molecule has 4 N–H and O–H groups in total. The summed E-state index contributed by atoms with van der Waals surface area (Å²) in [6, 6.07) is 1.70. The molecule has 8 nitrogen and oxygen atoms in total. The SMILES string of the molecule is COc1ncc(C)cc1C(=O)Nc1c(CON)n[nH]c1C. The fraction of sp³-hybridized carbons (Fsp3) is 0.308. The molecule has 8 heteroatoms. The third-order valence-electron chi connectivity index (χ3n) is 2.91. The lowest BCUT2D eigenvalue weighted by Crippen LogP contribution is -2.16. The number of hydrogen-bond donors (Lipinski definition) is 3. The number of carbonyl (C=O) groups excluding carboxylic acids is 1. The molecule has 0 spiro atoms. The van der Waals surface area contributed by atoms with Gasteiger partial charge in [-0.15, -0.1) is 0 Å². The van der Waals surface area contributed by atoms with E-state index in [0.717, 1.165) is 5.56 Å². The number of rotatable bonds is 5. The molecule has 0 radical (unpaired) electrons. The number of methoxy groups -OCH3 is 1. The van der Waals surface area contributed by atoms with E-state index in [1.54, 1.807) is 19.2 Å². The predicted molar refractivity (Wildman–Crippen MR) is 75.8 cm³/mol. The number of nitrogens with zero attached hydrogens (tertiary/aromatic N) is 2. The fourth-order valence-corrected chi connectivity index (χ4v) is 1.89. The van der Waals surface area contributed by atoms with Crippen molar-refractivity contribution in [1.29, 1.82) is 0 Å². The Kier molecular flexibility index (Phi) is 4.51. The number of nitrogens with one attached hydrogen (secondary N) is 2. The number of aromatic amines is 1. The molecule has 21 heavy (non-hydrogen) atoms. The molecule has 0 saturated heterocycles. The molecule has 2 heterocycles. The van der Waals surface area contributed by atoms with Gasteiger partial charge in [0.05, 0.1) is 18.5 Å². The maximum atomic E-state index is 12.4. The van der Waals surface area contributed by atoms with E-state index >= 15 is 0 Å². The Labute approximate surface area is 121 Å². The highest BCUT2D eigenvalue weighted by Crippen LogP contribution is 2.22. The zero-order valence-corrected chi connectivity index (χ0v) is 12.1. The van der Waals surface area contributed by atoms with Crippen molar-refractivity contribution in [3.8, 4) is 5.88 Å². The molecule has 2 aromatic rings. The van der Waals surface area contributed by atoms with Crippen LogP contribution in [0.3, 0.4) is 0 Å². The number of hydrogen-bond acceptors (Lipinski definition) is 6. The molecule has 0 aliphatic heterocycles. The van der Waals surface area contributed by atoms with Crippen LogP contribution in [-0.4, -0.2) is 28.2 Å². The Morgan fingerprint density at radius 3 is 2.90 bits per heavy atom. The van der Waals surface area contributed by atoms with Crippen LogP contribution >= 0.6 is 0 Å². The van der Waals surface area contributed by atoms with Crippen molar-refractivity contribution in [2.45, 2.75) is 20.5 Å². The van der Waals surface area contributed by atoms with Crippen LogP contribution in [0.1, 0.15) is 27.3 Å². The zero-order valence-electron chi connectivity index (χ0n) is 12.1. The van der Waals surface area contributed by atoms with Gasteiger partial charge in [0.1, 0.15) is 17.9 Å². The zero-order chi connectivity index (χ0) is 15.4. The van der Waals surface area contributed by atoms with Gasteiger partial charge in [-0.05, 0) is 25.5 Å². The Hall–Kier alpha value is -2.45. The summed E-state index contributed by atoms with van der Waals surface area (Å²) >= 11 is 0. The molecule has 0 aliphatic rings. The van der Waals surface area contributed by atoms with Crippen molar-refractivity contribution in [1.82, 2.24) is 15.2 Å². The van der Waals surface area contributed by atoms with Crippen LogP contribution in [0, 0.1) is 13.8 Å². The number of pyridine rings is 1. The number of amides is 1. The standard InChI is InChI=1S/C13H17N5O3/c1-7-4-9(13(20-3)15-5-7)12(19)16-11-8(2)17-18-10(11)6-21-14/h4-5H,6,14H2,1-3H3,(H,16,19)(H,17,18). The molecule has 0 unspecified atom stereocenters. The quantitative estimate of drug-likeness (QED) is 0.710. The fourth-order valence-electron chi connectivity index (χ4n) is 1.89. The van der Waals surface area contributed by atoms with E-state index in [4.69, 9.17) is 10.6 Å². The first-order valence-electron chi connectivity index (χ1n) is 6.24. The first kappa shape index (κ1) is 14.9. The molecule has 0 bridgehead atoms. The van der Waals surface area contributed by atoms with Crippen molar-refractivity contribution < 1.29 is 14.4 Å². The molecule has 0 fully saturated rings. The van der Waals surface area contributed by atoms with Crippen LogP contribution < -0.4 is 16.0 Å². The largest absolute Gasteiger partial charge is 0.480 e. The minimum atomic E-state index is -0.342. The lowest BCUT2D eigenvalue weighted by atomic mass is 10.2. The number of carbonyl (C=O) groups is 1. The topological polar surface area (TPSA) is 115 Å². The molecule has 0 aromatic carbocycles. The molecule has 2 aromatic heterocycles. The third kappa shape index (κ3) is 3.18. The Morgan fingerprint density at radius 2 is 2.24 bits per heavy atom. The highest BCUT2D eigenvalue weighted by molar-refractivity contribution is 6.06. The van der Waals surface area contributed by atoms with Crippen molar-refractivity contribution in [3.05, 3.63) is 34.8 Å².